The molecule has 0 saturated carbocycles. The molecule has 1 aromatic heterocycles. The molecule has 0 aliphatic carbocycles. The van der Waals surface area contributed by atoms with Crippen LogP contribution in [0.25, 0.3) is 0 Å². The Morgan fingerprint density at radius 2 is 2.35 bits per heavy atom. The first-order valence-electron chi connectivity index (χ1n) is 6.31. The lowest BCUT2D eigenvalue weighted by molar-refractivity contribution is 0.0374. The maximum Gasteiger partial charge on any atom is 0.255 e. The molecule has 0 spiro atoms. The maximum absolute atomic E-state index is 12.4. The van der Waals surface area contributed by atoms with Crippen LogP contribution in [0.1, 0.15) is 54.3 Å². The molecular weight excluding hydrogens is 298 g/mol. The highest BCUT2D eigenvalue weighted by molar-refractivity contribution is 9.11. The molecular formula is C13H16BrNOS. The van der Waals surface area contributed by atoms with Crippen molar-refractivity contribution in [3.63, 3.8) is 0 Å². The highest BCUT2D eigenvalue weighted by Gasteiger charge is 2.51. The molecule has 4 heteroatoms. The highest BCUT2D eigenvalue weighted by Crippen LogP contribution is 2.52. The van der Waals surface area contributed by atoms with E-state index in [4.69, 9.17) is 0 Å². The Hall–Kier alpha value is -0.350. The third-order valence-corrected chi connectivity index (χ3v) is 5.83. The molecule has 3 rings (SSSR count). The van der Waals surface area contributed by atoms with E-state index in [1.807, 2.05) is 6.07 Å². The van der Waals surface area contributed by atoms with E-state index in [0.29, 0.717) is 0 Å². The molecule has 1 atom stereocenters. The third-order valence-electron chi connectivity index (χ3n) is 4.00. The zero-order valence-corrected chi connectivity index (χ0v) is 12.4. The van der Waals surface area contributed by atoms with Gasteiger partial charge < -0.3 is 4.90 Å². The van der Waals surface area contributed by atoms with Crippen LogP contribution in [0.15, 0.2) is 9.85 Å². The fraction of sp³-hybridized carbons (Fsp3) is 0.615. The Morgan fingerprint density at radius 1 is 1.53 bits per heavy atom. The minimum absolute atomic E-state index is 0.0378. The van der Waals surface area contributed by atoms with Crippen LogP contribution in [0.2, 0.25) is 0 Å². The van der Waals surface area contributed by atoms with Crippen molar-refractivity contribution < 1.29 is 4.79 Å². The number of carbonyl (C=O) groups is 1. The van der Waals surface area contributed by atoms with Crippen molar-refractivity contribution in [3.8, 4) is 0 Å². The van der Waals surface area contributed by atoms with Gasteiger partial charge in [-0.1, -0.05) is 13.3 Å². The van der Waals surface area contributed by atoms with Crippen molar-refractivity contribution in [3.05, 3.63) is 20.3 Å². The van der Waals surface area contributed by atoms with E-state index in [1.165, 1.54) is 11.3 Å². The number of rotatable bonds is 2. The average Bonchev–Trinajstić information content (AvgIpc) is 2.79. The molecule has 2 aliphatic heterocycles. The van der Waals surface area contributed by atoms with E-state index in [0.717, 1.165) is 41.6 Å². The monoisotopic (exact) mass is 313 g/mol. The molecule has 0 N–H and O–H groups in total. The molecule has 3 heterocycles. The average molecular weight is 314 g/mol. The molecule has 92 valence electrons. The van der Waals surface area contributed by atoms with Gasteiger partial charge in [0.05, 0.1) is 14.9 Å². The van der Waals surface area contributed by atoms with Gasteiger partial charge in [0.2, 0.25) is 0 Å². The van der Waals surface area contributed by atoms with Gasteiger partial charge in [-0.15, -0.1) is 11.3 Å². The predicted molar refractivity (Wildman–Crippen MR) is 73.5 cm³/mol. The fourth-order valence-corrected chi connectivity index (χ4v) is 5.21. The summed E-state index contributed by atoms with van der Waals surface area (Å²) in [6, 6.07) is 2.01. The quantitative estimate of drug-likeness (QED) is 0.803. The minimum atomic E-state index is 0.0378. The van der Waals surface area contributed by atoms with Crippen molar-refractivity contribution in [1.29, 1.82) is 0 Å². The SMILES string of the molecule is CCCC12CCCCN1C(=O)c1cc(Br)sc12. The molecule has 1 unspecified atom stereocenters. The van der Waals surface area contributed by atoms with Gasteiger partial charge in [-0.3, -0.25) is 4.79 Å². The first kappa shape index (κ1) is 11.7. The summed E-state index contributed by atoms with van der Waals surface area (Å²) in [7, 11) is 0. The number of fused-ring (bicyclic) bond motifs is 3. The summed E-state index contributed by atoms with van der Waals surface area (Å²) in [6.07, 6.45) is 5.80. The third kappa shape index (κ3) is 1.53. The number of thiophene rings is 1. The number of carbonyl (C=O) groups excluding carboxylic acids is 1. The van der Waals surface area contributed by atoms with Crippen LogP contribution in [0.4, 0.5) is 0 Å². The van der Waals surface area contributed by atoms with Crippen LogP contribution < -0.4 is 0 Å². The Morgan fingerprint density at radius 3 is 3.12 bits per heavy atom. The molecule has 2 nitrogen and oxygen atoms in total. The molecule has 0 radical (unpaired) electrons. The summed E-state index contributed by atoms with van der Waals surface area (Å²) >= 11 is 5.28. The zero-order valence-electron chi connectivity index (χ0n) is 9.96. The summed E-state index contributed by atoms with van der Waals surface area (Å²) < 4.78 is 1.09. The van der Waals surface area contributed by atoms with Crippen LogP contribution in [-0.2, 0) is 5.54 Å². The molecule has 2 aliphatic rings. The Labute approximate surface area is 114 Å². The predicted octanol–water partition coefficient (Wildman–Crippen LogP) is 4.15. The van der Waals surface area contributed by atoms with Gasteiger partial charge in [-0.2, -0.15) is 0 Å². The van der Waals surface area contributed by atoms with E-state index >= 15 is 0 Å². The molecule has 1 aromatic rings. The second kappa shape index (κ2) is 4.09. The summed E-state index contributed by atoms with van der Waals surface area (Å²) in [5, 5.41) is 0. The summed E-state index contributed by atoms with van der Waals surface area (Å²) in [5.41, 5.74) is 0.994. The number of hydrogen-bond donors (Lipinski definition) is 0. The smallest absolute Gasteiger partial charge is 0.255 e. The van der Waals surface area contributed by atoms with Gasteiger partial charge in [0, 0.05) is 11.4 Å². The van der Waals surface area contributed by atoms with Gasteiger partial charge in [0.25, 0.3) is 5.91 Å². The molecule has 0 aromatic carbocycles. The van der Waals surface area contributed by atoms with Gasteiger partial charge in [-0.05, 0) is 47.7 Å². The largest absolute Gasteiger partial charge is 0.328 e. The van der Waals surface area contributed by atoms with Crippen molar-refractivity contribution in [1.82, 2.24) is 4.90 Å². The van der Waals surface area contributed by atoms with E-state index < -0.39 is 0 Å². The lowest BCUT2D eigenvalue weighted by atomic mass is 9.83. The summed E-state index contributed by atoms with van der Waals surface area (Å²) in [4.78, 5) is 15.9. The number of nitrogens with zero attached hydrogens (tertiary/aromatic N) is 1. The van der Waals surface area contributed by atoms with Gasteiger partial charge >= 0.3 is 0 Å². The van der Waals surface area contributed by atoms with Crippen LogP contribution in [0.5, 0.6) is 0 Å². The molecule has 1 amide bonds. The number of halogens is 1. The lowest BCUT2D eigenvalue weighted by Gasteiger charge is -2.42. The molecule has 17 heavy (non-hydrogen) atoms. The Balaban J connectivity index is 2.13. The van der Waals surface area contributed by atoms with Crippen LogP contribution >= 0.6 is 27.3 Å². The summed E-state index contributed by atoms with van der Waals surface area (Å²) in [6.45, 7) is 3.16. The van der Waals surface area contributed by atoms with Crippen molar-refractivity contribution >= 4 is 33.2 Å². The molecule has 0 bridgehead atoms. The van der Waals surface area contributed by atoms with Gasteiger partial charge in [0.1, 0.15) is 0 Å². The van der Waals surface area contributed by atoms with Crippen molar-refractivity contribution in [2.24, 2.45) is 0 Å². The Kier molecular flexibility index (Phi) is 2.82. The van der Waals surface area contributed by atoms with Crippen LogP contribution in [-0.4, -0.2) is 17.4 Å². The fourth-order valence-electron chi connectivity index (χ4n) is 3.37. The van der Waals surface area contributed by atoms with Gasteiger partial charge in [-0.25, -0.2) is 0 Å². The lowest BCUT2D eigenvalue weighted by Crippen LogP contribution is -2.46. The number of hydrogen-bond acceptors (Lipinski definition) is 2. The van der Waals surface area contributed by atoms with Gasteiger partial charge in [0.15, 0.2) is 0 Å². The first-order chi connectivity index (χ1) is 8.19. The second-order valence-electron chi connectivity index (χ2n) is 4.99. The van der Waals surface area contributed by atoms with Crippen molar-refractivity contribution in [2.75, 3.05) is 6.54 Å². The minimum Gasteiger partial charge on any atom is -0.328 e. The standard InChI is InChI=1S/C13H16BrNOS/c1-2-5-13-6-3-4-7-15(13)12(16)9-8-10(14)17-11(9)13/h8H,2-7H2,1H3. The normalized spacial score (nSPS) is 27.2. The molecule has 1 saturated heterocycles. The zero-order chi connectivity index (χ0) is 12.0. The summed E-state index contributed by atoms with van der Waals surface area (Å²) in [5.74, 6) is 0.259. The Bertz CT molecular complexity index is 466. The van der Waals surface area contributed by atoms with E-state index in [-0.39, 0.29) is 11.4 Å². The first-order valence-corrected chi connectivity index (χ1v) is 7.92. The van der Waals surface area contributed by atoms with E-state index in [9.17, 15) is 4.79 Å². The number of piperidine rings is 1. The highest BCUT2D eigenvalue weighted by atomic mass is 79.9. The number of amides is 1. The second-order valence-corrected chi connectivity index (χ2v) is 7.42. The topological polar surface area (TPSA) is 20.3 Å². The van der Waals surface area contributed by atoms with E-state index in [1.54, 1.807) is 11.3 Å². The van der Waals surface area contributed by atoms with Crippen molar-refractivity contribution in [2.45, 2.75) is 44.6 Å². The maximum atomic E-state index is 12.4. The molecule has 1 fully saturated rings. The van der Waals surface area contributed by atoms with E-state index in [2.05, 4.69) is 27.8 Å². The van der Waals surface area contributed by atoms with Crippen LogP contribution in [0.3, 0.4) is 0 Å². The van der Waals surface area contributed by atoms with Crippen LogP contribution in [0, 0.1) is 0 Å².